The molecule has 33 heteroatoms. The highest BCUT2D eigenvalue weighted by molar-refractivity contribution is 6.34. The van der Waals surface area contributed by atoms with Gasteiger partial charge in [0, 0.05) is 27.1 Å². The summed E-state index contributed by atoms with van der Waals surface area (Å²) in [5.41, 5.74) is -3.49. The Kier molecular flexibility index (Phi) is 20.5. The second kappa shape index (κ2) is 26.9. The molecule has 11 rings (SSSR count). The number of Topliss-reactive ketones (excluding diaryl/α,β-unsaturated/α-hetero) is 1. The Bertz CT molecular complexity index is 2790. The first-order chi connectivity index (χ1) is 43.4. The molecular formula is C59H85ClO32. The van der Waals surface area contributed by atoms with Crippen molar-refractivity contribution < 1.29 is 155 Å². The number of benzene rings is 1. The van der Waals surface area contributed by atoms with Gasteiger partial charge in [-0.2, -0.15) is 0 Å². The third-order valence-corrected chi connectivity index (χ3v) is 19.2. The van der Waals surface area contributed by atoms with Crippen LogP contribution in [0.4, 0.5) is 0 Å². The maximum absolute atomic E-state index is 13.4. The number of aromatic hydroxyl groups is 2. The molecule has 10 aliphatic rings. The summed E-state index contributed by atoms with van der Waals surface area (Å²) in [5.74, 6) is -8.01. The highest BCUT2D eigenvalue weighted by Crippen LogP contribution is 2.53. The predicted molar refractivity (Wildman–Crippen MR) is 298 cm³/mol. The molecule has 92 heavy (non-hydrogen) atoms. The average molecular weight is 1340 g/mol. The minimum absolute atomic E-state index is 0.0565. The molecule has 8 N–H and O–H groups in total. The van der Waals surface area contributed by atoms with Gasteiger partial charge in [-0.15, -0.1) is 0 Å². The van der Waals surface area contributed by atoms with Gasteiger partial charge in [0.15, 0.2) is 60.6 Å². The number of hydrogen-bond acceptors (Lipinski definition) is 32. The molecule has 10 aliphatic heterocycles. The number of ketones is 1. The molecule has 1 unspecified atom stereocenters. The van der Waals surface area contributed by atoms with Gasteiger partial charge in [0.25, 0.3) is 5.97 Å². The molecule has 10 saturated heterocycles. The molecule has 0 radical (unpaired) electrons. The van der Waals surface area contributed by atoms with Crippen LogP contribution in [-0.2, 0) is 109 Å². The number of carbonyl (C=O) groups is 3. The Hall–Kier alpha value is -3.28. The zero-order valence-corrected chi connectivity index (χ0v) is 53.5. The number of fused-ring (bicyclic) bond motifs is 4. The second-order valence-corrected chi connectivity index (χ2v) is 26.1. The van der Waals surface area contributed by atoms with E-state index < -0.39 is 229 Å². The van der Waals surface area contributed by atoms with Gasteiger partial charge < -0.3 is 140 Å². The molecule has 31 atom stereocenters. The van der Waals surface area contributed by atoms with Crippen LogP contribution in [0.1, 0.15) is 97.5 Å². The standard InChI is InChI=1S/C59H85ClO32/c1-20(2)51(69)84-47-44-32(89-59(90-44)50-49(75-19-76-50)58(71,26(8)61)27(9)88-59)18-74-54(47)86-55-46(73-12)39(67)43(31(80-55)17-72-11)85-53-40(68)45(37(65)22(4)79-53)82-34-16-56(10)48(25(7)78-34)91-57(92-56)15-30(64)42(24(6)87-57)81-33-14-29(63)41(23(5)77-33)83-52(70)35-21(3)13-28(62)36(60)38(35)66/h13,20,22-25,27,29-34,37,39-50,53-55,62-68,71H,14-19H2,1-12H3/t22-,23-,24-,25-,27-,29-,30-,31-,32+,33+,34+,37+,39+,40-,41-,42-,43-,44-,45+,46+,47-,48-,49-,50-,53+,54-,55+,56-,57?,58+,59-/m1/s1. The van der Waals surface area contributed by atoms with Gasteiger partial charge in [-0.3, -0.25) is 9.59 Å². The van der Waals surface area contributed by atoms with Crippen molar-refractivity contribution in [3.63, 3.8) is 0 Å². The van der Waals surface area contributed by atoms with Crippen LogP contribution in [0.25, 0.3) is 0 Å². The van der Waals surface area contributed by atoms with E-state index in [4.69, 9.17) is 111 Å². The van der Waals surface area contributed by atoms with Crippen molar-refractivity contribution in [1.29, 1.82) is 0 Å². The Labute approximate surface area is 533 Å². The minimum Gasteiger partial charge on any atom is -0.506 e. The smallest absolute Gasteiger partial charge is 0.342 e. The van der Waals surface area contributed by atoms with Crippen molar-refractivity contribution in [3.8, 4) is 11.5 Å². The maximum Gasteiger partial charge on any atom is 0.342 e. The number of esters is 2. The lowest BCUT2D eigenvalue weighted by atomic mass is 9.81. The van der Waals surface area contributed by atoms with Crippen LogP contribution < -0.4 is 0 Å². The van der Waals surface area contributed by atoms with Crippen molar-refractivity contribution in [1.82, 2.24) is 0 Å². The fourth-order valence-corrected chi connectivity index (χ4v) is 14.2. The number of phenolic OH excluding ortho intramolecular Hbond substituents is 2. The van der Waals surface area contributed by atoms with E-state index in [0.29, 0.717) is 0 Å². The van der Waals surface area contributed by atoms with Crippen LogP contribution in [0.3, 0.4) is 0 Å². The zero-order chi connectivity index (χ0) is 66.6. The number of aliphatic hydroxyl groups excluding tert-OH is 5. The Morgan fingerprint density at radius 2 is 1.39 bits per heavy atom. The third-order valence-electron chi connectivity index (χ3n) is 18.8. The topological polar surface area (TPSA) is 407 Å². The van der Waals surface area contributed by atoms with Crippen molar-refractivity contribution in [2.45, 2.75) is 277 Å². The van der Waals surface area contributed by atoms with E-state index in [1.54, 1.807) is 41.5 Å². The van der Waals surface area contributed by atoms with Gasteiger partial charge >= 0.3 is 17.9 Å². The summed E-state index contributed by atoms with van der Waals surface area (Å²) in [4.78, 5) is 39.4. The first-order valence-corrected chi connectivity index (χ1v) is 31.2. The number of aliphatic hydroxyl groups is 6. The molecule has 10 fully saturated rings. The Morgan fingerprint density at radius 3 is 2.07 bits per heavy atom. The number of phenols is 2. The average Bonchev–Trinajstić information content (AvgIpc) is 1.51. The largest absolute Gasteiger partial charge is 0.506 e. The number of methoxy groups -OCH3 is 2. The normalized spacial score (nSPS) is 48.5. The van der Waals surface area contributed by atoms with Gasteiger partial charge in [-0.05, 0) is 67.0 Å². The molecule has 10 heterocycles. The van der Waals surface area contributed by atoms with E-state index in [0.717, 1.165) is 0 Å². The highest BCUT2D eigenvalue weighted by atomic mass is 35.5. The summed E-state index contributed by atoms with van der Waals surface area (Å²) in [6.07, 6.45) is -34.6. The lowest BCUT2D eigenvalue weighted by Crippen LogP contribution is -2.72. The number of halogens is 1. The molecule has 0 aliphatic carbocycles. The SMILES string of the molecule is COC[C@H]1O[C@@H](O[C@H]2OC[C@@H]3O[C@]4(O[C@H]3[C@H]2OC(=O)C(C)C)O[C@H](C)[C@@](O)(C(C)=O)[C@@H]2OCO[C@H]24)[C@@H](OC)[C@@H](O)[C@@H]1O[C@@H]1O[C@H](C)[C@H](O)[C@H](O[C@H]2C[C@@]3(C)OC4(C[C@@H](O)[C@H](O[C@H]5C[C@@H](O)[C@H](OC(=O)c6c(C)cc(O)c(Cl)c6O)[C@@H](C)O5)[C@@H](C)O4)O[C@@H]3[C@@H](C)O2)[C@H]1O. The van der Waals surface area contributed by atoms with Crippen LogP contribution in [0, 0.1) is 12.8 Å². The monoisotopic (exact) mass is 1340 g/mol. The van der Waals surface area contributed by atoms with E-state index in [1.165, 1.54) is 48.0 Å². The summed E-state index contributed by atoms with van der Waals surface area (Å²) in [6.45, 7) is 14.6. The molecule has 32 nitrogen and oxygen atoms in total. The molecule has 520 valence electrons. The van der Waals surface area contributed by atoms with Crippen molar-refractivity contribution in [3.05, 3.63) is 22.2 Å². The second-order valence-electron chi connectivity index (χ2n) is 25.8. The molecule has 0 amide bonds. The maximum atomic E-state index is 13.4. The Morgan fingerprint density at radius 1 is 0.685 bits per heavy atom. The number of rotatable bonds is 16. The van der Waals surface area contributed by atoms with Crippen molar-refractivity contribution >= 4 is 29.3 Å². The summed E-state index contributed by atoms with van der Waals surface area (Å²) in [6, 6.07) is 1.19. The number of ether oxygens (including phenoxy) is 21. The minimum atomic E-state index is -2.13. The van der Waals surface area contributed by atoms with Gasteiger partial charge in [-0.25, -0.2) is 4.79 Å². The molecule has 0 bridgehead atoms. The molecule has 1 aromatic carbocycles. The summed E-state index contributed by atoms with van der Waals surface area (Å²) in [5, 5.41) is 90.3. The highest BCUT2D eigenvalue weighted by Gasteiger charge is 2.73. The molecule has 0 saturated carbocycles. The lowest BCUT2D eigenvalue weighted by molar-refractivity contribution is -0.428. The molecule has 2 spiro atoms. The quantitative estimate of drug-likeness (QED) is 0.0962. The van der Waals surface area contributed by atoms with Gasteiger partial charge in [0.05, 0.1) is 68.3 Å². The molecule has 1 aromatic rings. The van der Waals surface area contributed by atoms with Gasteiger partial charge in [0.2, 0.25) is 6.29 Å². The number of carbonyl (C=O) groups excluding carboxylic acids is 3. The predicted octanol–water partition coefficient (Wildman–Crippen LogP) is -0.558. The van der Waals surface area contributed by atoms with Crippen molar-refractivity contribution in [2.75, 3.05) is 34.2 Å². The van der Waals surface area contributed by atoms with Gasteiger partial charge in [0.1, 0.15) is 102 Å². The summed E-state index contributed by atoms with van der Waals surface area (Å²) < 4.78 is 129. The fourth-order valence-electron chi connectivity index (χ4n) is 14.1. The van der Waals surface area contributed by atoms with Crippen LogP contribution in [-0.4, -0.2) is 282 Å². The van der Waals surface area contributed by atoms with Crippen molar-refractivity contribution in [2.24, 2.45) is 5.92 Å². The van der Waals surface area contributed by atoms with Crippen LogP contribution in [0.15, 0.2) is 6.07 Å². The van der Waals surface area contributed by atoms with Crippen LogP contribution >= 0.6 is 11.6 Å². The zero-order valence-electron chi connectivity index (χ0n) is 52.7. The first-order valence-electron chi connectivity index (χ1n) is 30.8. The van der Waals surface area contributed by atoms with E-state index in [1.807, 2.05) is 0 Å². The Balaban J connectivity index is 0.716. The fraction of sp³-hybridized carbons (Fsp3) is 0.847. The molecular weight excluding hydrogens is 1260 g/mol. The first kappa shape index (κ1) is 70.1. The number of aryl methyl sites for hydroxylation is 1. The van der Waals surface area contributed by atoms with E-state index >= 15 is 0 Å². The third kappa shape index (κ3) is 12.7. The van der Waals surface area contributed by atoms with E-state index in [9.17, 15) is 55.2 Å². The summed E-state index contributed by atoms with van der Waals surface area (Å²) in [7, 11) is 2.64. The van der Waals surface area contributed by atoms with Crippen LogP contribution in [0.5, 0.6) is 11.5 Å². The number of hydrogen-bond donors (Lipinski definition) is 8. The molecule has 0 aromatic heterocycles. The summed E-state index contributed by atoms with van der Waals surface area (Å²) >= 11 is 5.96. The van der Waals surface area contributed by atoms with Crippen LogP contribution in [0.2, 0.25) is 5.02 Å². The lowest BCUT2D eigenvalue weighted by Gasteiger charge is -2.49. The van der Waals surface area contributed by atoms with E-state index in [-0.39, 0.29) is 50.4 Å². The van der Waals surface area contributed by atoms with E-state index in [2.05, 4.69) is 0 Å². The van der Waals surface area contributed by atoms with Gasteiger partial charge in [-0.1, -0.05) is 25.4 Å².